The Hall–Kier alpha value is -3.65. The van der Waals surface area contributed by atoms with E-state index in [0.717, 1.165) is 22.3 Å². The number of rotatable bonds is 5. The zero-order chi connectivity index (χ0) is 27.4. The van der Waals surface area contributed by atoms with E-state index in [9.17, 15) is 20.6 Å². The number of phenols is 2. The van der Waals surface area contributed by atoms with Crippen LogP contribution in [0.25, 0.3) is 0 Å². The first-order valence-corrected chi connectivity index (χ1v) is 13.2. The number of ether oxygens (including phenoxy) is 4. The second kappa shape index (κ2) is 8.93. The predicted molar refractivity (Wildman–Crippen MR) is 145 cm³/mol. The molecule has 2 fully saturated rings. The van der Waals surface area contributed by atoms with E-state index in [1.165, 1.54) is 7.11 Å². The molecule has 10 heteroatoms. The van der Waals surface area contributed by atoms with Crippen LogP contribution in [0.2, 0.25) is 0 Å². The van der Waals surface area contributed by atoms with Gasteiger partial charge in [0.15, 0.2) is 23.0 Å². The molecule has 2 aromatic rings. The van der Waals surface area contributed by atoms with Gasteiger partial charge in [0.1, 0.15) is 18.4 Å². The molecule has 0 saturated carbocycles. The first kappa shape index (κ1) is 26.6. The number of benzene rings is 2. The van der Waals surface area contributed by atoms with Crippen LogP contribution in [0.5, 0.6) is 34.5 Å². The van der Waals surface area contributed by atoms with E-state index >= 15 is 0 Å². The van der Waals surface area contributed by atoms with Gasteiger partial charge in [-0.15, -0.1) is 0 Å². The lowest BCUT2D eigenvalue weighted by atomic mass is 9.70. The van der Waals surface area contributed by atoms with E-state index in [4.69, 9.17) is 18.9 Å². The van der Waals surface area contributed by atoms with E-state index < -0.39 is 17.6 Å². The van der Waals surface area contributed by atoms with Crippen molar-refractivity contribution in [2.45, 2.75) is 69.9 Å². The summed E-state index contributed by atoms with van der Waals surface area (Å²) in [6.45, 7) is 7.94. The number of fused-ring (bicyclic) bond motifs is 8. The normalized spacial score (nSPS) is 30.5. The number of phenolic OH excluding ortho intramolecular Hbond substituents is 2. The molecule has 1 unspecified atom stereocenters. The lowest BCUT2D eigenvalue weighted by molar-refractivity contribution is -0.182. The SMILES string of the molecule is C.C=CCOc1c(C)c2c(c3c1C[C@H]1[C@H]4c5c(cc(O)c(OC)c5O)C5(C)C[C@@H]([C@H](C#N)N1[C@H]3CO)N45)OCO2. The molecule has 40 heavy (non-hydrogen) atoms. The second-order valence-electron chi connectivity index (χ2n) is 11.1. The summed E-state index contributed by atoms with van der Waals surface area (Å²) in [4.78, 5) is 4.42. The Kier molecular flexibility index (Phi) is 5.93. The van der Waals surface area contributed by atoms with E-state index in [1.54, 1.807) is 12.1 Å². The number of aliphatic hydroxyl groups excluding tert-OH is 1. The van der Waals surface area contributed by atoms with Gasteiger partial charge in [0.2, 0.25) is 12.5 Å². The molecule has 0 amide bonds. The third kappa shape index (κ3) is 2.97. The molecule has 7 rings (SSSR count). The minimum Gasteiger partial charge on any atom is -0.504 e. The molecule has 5 heterocycles. The molecule has 0 spiro atoms. The molecule has 0 bridgehead atoms. The smallest absolute Gasteiger partial charge is 0.231 e. The third-order valence-electron chi connectivity index (χ3n) is 9.52. The van der Waals surface area contributed by atoms with Crippen LogP contribution in [0.4, 0.5) is 0 Å². The van der Waals surface area contributed by atoms with E-state index in [-0.39, 0.29) is 56.2 Å². The monoisotopic (exact) mass is 549 g/mol. The van der Waals surface area contributed by atoms with Gasteiger partial charge in [-0.2, -0.15) is 5.26 Å². The molecule has 10 nitrogen and oxygen atoms in total. The summed E-state index contributed by atoms with van der Waals surface area (Å²) in [5.41, 5.74) is 3.59. The fourth-order valence-corrected chi connectivity index (χ4v) is 8.15. The minimum atomic E-state index is -0.551. The number of nitriles is 1. The molecule has 5 aliphatic rings. The average molecular weight is 550 g/mol. The van der Waals surface area contributed by atoms with Crippen molar-refractivity contribution in [3.63, 3.8) is 0 Å². The molecule has 0 aliphatic carbocycles. The molecule has 0 radical (unpaired) electrons. The standard InChI is InChI=1S/C29H31N3O7.CH4/c1-5-6-37-25-13(2)26-28(39-12-38-26)21-14(25)7-16-23-22-15(8-20(34)27(36-4)24(22)35)29(3)9-17(32(23)29)18(10-30)31(16)19(21)11-33;/h5,8,16-19,23,33-35H,1,6-7,9,11-12H2,2-4H3;1H4/t16-,17-,18-,19-,23-,29?;/m0./s1. The fourth-order valence-electron chi connectivity index (χ4n) is 8.15. The molecule has 6 atom stereocenters. The van der Waals surface area contributed by atoms with E-state index in [1.807, 2.05) is 6.92 Å². The Bertz CT molecular complexity index is 1470. The van der Waals surface area contributed by atoms with Gasteiger partial charge in [-0.3, -0.25) is 9.80 Å². The number of nitrogens with zero attached hydrogens (tertiary/aromatic N) is 3. The van der Waals surface area contributed by atoms with Gasteiger partial charge in [0.05, 0.1) is 31.9 Å². The van der Waals surface area contributed by atoms with Crippen LogP contribution in [0.3, 0.4) is 0 Å². The Morgan fingerprint density at radius 2 is 1.98 bits per heavy atom. The molecule has 5 aliphatic heterocycles. The van der Waals surface area contributed by atoms with Crippen molar-refractivity contribution in [2.24, 2.45) is 0 Å². The lowest BCUT2D eigenvalue weighted by Gasteiger charge is -2.65. The van der Waals surface area contributed by atoms with Crippen LogP contribution in [0.1, 0.15) is 60.7 Å². The van der Waals surface area contributed by atoms with Crippen molar-refractivity contribution >= 4 is 0 Å². The summed E-state index contributed by atoms with van der Waals surface area (Å²) in [6.07, 6.45) is 2.84. The second-order valence-corrected chi connectivity index (χ2v) is 11.1. The molecule has 212 valence electrons. The summed E-state index contributed by atoms with van der Waals surface area (Å²) < 4.78 is 23.4. The predicted octanol–water partition coefficient (Wildman–Crippen LogP) is 3.55. The Morgan fingerprint density at radius 1 is 1.23 bits per heavy atom. The zero-order valence-corrected chi connectivity index (χ0v) is 22.1. The molecular weight excluding hydrogens is 514 g/mol. The van der Waals surface area contributed by atoms with Crippen LogP contribution in [0, 0.1) is 18.3 Å². The highest BCUT2D eigenvalue weighted by atomic mass is 16.7. The lowest BCUT2D eigenvalue weighted by Crippen LogP contribution is -2.74. The molecule has 2 saturated heterocycles. The van der Waals surface area contributed by atoms with E-state index in [0.29, 0.717) is 42.3 Å². The fraction of sp³-hybridized carbons (Fsp3) is 0.500. The number of aliphatic hydroxyl groups is 1. The van der Waals surface area contributed by atoms with Gasteiger partial charge in [-0.25, -0.2) is 0 Å². The highest BCUT2D eigenvalue weighted by Gasteiger charge is 2.69. The maximum absolute atomic E-state index is 11.4. The van der Waals surface area contributed by atoms with Crippen LogP contribution >= 0.6 is 0 Å². The molecule has 2 aromatic carbocycles. The summed E-state index contributed by atoms with van der Waals surface area (Å²) in [5.74, 6) is 1.69. The number of methoxy groups -OCH3 is 1. The molecule has 3 N–H and O–H groups in total. The zero-order valence-electron chi connectivity index (χ0n) is 22.1. The van der Waals surface area contributed by atoms with Crippen molar-refractivity contribution in [1.82, 2.24) is 9.80 Å². The highest BCUT2D eigenvalue weighted by molar-refractivity contribution is 5.68. The van der Waals surface area contributed by atoms with Gasteiger partial charge < -0.3 is 34.3 Å². The van der Waals surface area contributed by atoms with Gasteiger partial charge in [0, 0.05) is 39.9 Å². The first-order chi connectivity index (χ1) is 18.8. The number of hydrogen-bond acceptors (Lipinski definition) is 10. The number of piperazine rings is 1. The maximum Gasteiger partial charge on any atom is 0.231 e. The number of aromatic hydroxyl groups is 2. The summed E-state index contributed by atoms with van der Waals surface area (Å²) in [5, 5.41) is 43.5. The van der Waals surface area contributed by atoms with Gasteiger partial charge >= 0.3 is 0 Å². The molecule has 0 aromatic heterocycles. The Morgan fingerprint density at radius 3 is 2.65 bits per heavy atom. The van der Waals surface area contributed by atoms with Crippen molar-refractivity contribution in [1.29, 1.82) is 5.26 Å². The summed E-state index contributed by atoms with van der Waals surface area (Å²) in [7, 11) is 1.42. The van der Waals surface area contributed by atoms with E-state index in [2.05, 4.69) is 29.4 Å². The van der Waals surface area contributed by atoms with Crippen LogP contribution < -0.4 is 18.9 Å². The highest BCUT2D eigenvalue weighted by Crippen LogP contribution is 2.68. The van der Waals surface area contributed by atoms with Crippen molar-refractivity contribution < 1.29 is 34.3 Å². The van der Waals surface area contributed by atoms with Gasteiger partial charge in [0.25, 0.3) is 0 Å². The first-order valence-electron chi connectivity index (χ1n) is 13.2. The largest absolute Gasteiger partial charge is 0.504 e. The Balaban J connectivity index is 0.00000289. The topological polar surface area (TPSA) is 128 Å². The quantitative estimate of drug-likeness (QED) is 0.477. The maximum atomic E-state index is 11.4. The minimum absolute atomic E-state index is 0. The number of hydrogen-bond donors (Lipinski definition) is 3. The molecular formula is C30H35N3O7. The van der Waals surface area contributed by atoms with Crippen molar-refractivity contribution in [3.8, 4) is 40.6 Å². The van der Waals surface area contributed by atoms with Gasteiger partial charge in [-0.05, 0) is 38.3 Å². The van der Waals surface area contributed by atoms with Crippen molar-refractivity contribution in [3.05, 3.63) is 46.5 Å². The van der Waals surface area contributed by atoms with Gasteiger partial charge in [-0.1, -0.05) is 20.1 Å². The van der Waals surface area contributed by atoms with Crippen LogP contribution in [0.15, 0.2) is 18.7 Å². The summed E-state index contributed by atoms with van der Waals surface area (Å²) >= 11 is 0. The summed E-state index contributed by atoms with van der Waals surface area (Å²) in [6, 6.07) is 2.46. The Labute approximate surface area is 233 Å². The van der Waals surface area contributed by atoms with Crippen LogP contribution in [-0.4, -0.2) is 70.4 Å². The third-order valence-corrected chi connectivity index (χ3v) is 9.52. The van der Waals surface area contributed by atoms with Crippen LogP contribution in [-0.2, 0) is 12.0 Å². The van der Waals surface area contributed by atoms with Crippen molar-refractivity contribution in [2.75, 3.05) is 27.1 Å². The average Bonchev–Trinajstić information content (AvgIpc) is 3.48.